The lowest BCUT2D eigenvalue weighted by Gasteiger charge is -2.23. The molecule has 3 N–H and O–H groups in total. The number of urea groups is 1. The van der Waals surface area contributed by atoms with Crippen LogP contribution in [0, 0.1) is 0 Å². The summed E-state index contributed by atoms with van der Waals surface area (Å²) in [5.41, 5.74) is 5.92. The molecule has 1 atom stereocenters. The minimum absolute atomic E-state index is 0.143. The standard InChI is InChI=1S/C17H22N4O3/c1-11(2)21-15(23)17(19-16(21)24)6-7-20(10-17)9-12-4-3-5-13(8-12)14(18)22/h3-5,8,11H,6-7,9-10H2,1-2H3,(H2,18,22)(H,19,24). The van der Waals surface area contributed by atoms with Gasteiger partial charge in [-0.25, -0.2) is 4.79 Å². The van der Waals surface area contributed by atoms with Crippen LogP contribution in [0.3, 0.4) is 0 Å². The molecule has 2 fully saturated rings. The second kappa shape index (κ2) is 5.90. The Morgan fingerprint density at radius 1 is 1.38 bits per heavy atom. The van der Waals surface area contributed by atoms with Crippen molar-refractivity contribution in [1.82, 2.24) is 15.1 Å². The minimum Gasteiger partial charge on any atom is -0.366 e. The number of nitrogens with zero attached hydrogens (tertiary/aromatic N) is 2. The fraction of sp³-hybridized carbons (Fsp3) is 0.471. The van der Waals surface area contributed by atoms with Gasteiger partial charge in [-0.1, -0.05) is 12.1 Å². The van der Waals surface area contributed by atoms with Crippen molar-refractivity contribution in [3.63, 3.8) is 0 Å². The molecule has 7 heteroatoms. The minimum atomic E-state index is -0.817. The van der Waals surface area contributed by atoms with E-state index in [4.69, 9.17) is 5.73 Å². The molecule has 0 bridgehead atoms. The normalized spacial score (nSPS) is 24.2. The number of likely N-dealkylation sites (tertiary alicyclic amines) is 1. The Kier molecular flexibility index (Phi) is 4.04. The zero-order valence-electron chi connectivity index (χ0n) is 13.9. The van der Waals surface area contributed by atoms with E-state index >= 15 is 0 Å². The van der Waals surface area contributed by atoms with E-state index in [1.54, 1.807) is 18.2 Å². The van der Waals surface area contributed by atoms with E-state index in [0.29, 0.717) is 31.6 Å². The molecule has 0 aromatic heterocycles. The summed E-state index contributed by atoms with van der Waals surface area (Å²) in [5.74, 6) is -0.601. The zero-order valence-corrected chi connectivity index (χ0v) is 13.9. The van der Waals surface area contributed by atoms with Crippen LogP contribution in [0.15, 0.2) is 24.3 Å². The molecule has 2 heterocycles. The zero-order chi connectivity index (χ0) is 17.5. The quantitative estimate of drug-likeness (QED) is 0.794. The van der Waals surface area contributed by atoms with Crippen LogP contribution in [-0.4, -0.2) is 52.3 Å². The molecule has 1 spiro atoms. The van der Waals surface area contributed by atoms with Gasteiger partial charge in [0.15, 0.2) is 0 Å². The summed E-state index contributed by atoms with van der Waals surface area (Å²) in [6.07, 6.45) is 0.594. The molecule has 3 rings (SSSR count). The van der Waals surface area contributed by atoms with Gasteiger partial charge in [0.05, 0.1) is 0 Å². The number of imide groups is 1. The number of nitrogens with one attached hydrogen (secondary N) is 1. The van der Waals surface area contributed by atoms with Gasteiger partial charge in [-0.3, -0.25) is 19.4 Å². The van der Waals surface area contributed by atoms with Crippen molar-refractivity contribution in [3.8, 4) is 0 Å². The Balaban J connectivity index is 1.72. The topological polar surface area (TPSA) is 95.7 Å². The summed E-state index contributed by atoms with van der Waals surface area (Å²) in [5, 5.41) is 2.88. The van der Waals surface area contributed by atoms with Crippen LogP contribution in [0.5, 0.6) is 0 Å². The van der Waals surface area contributed by atoms with Gasteiger partial charge in [0.1, 0.15) is 5.54 Å². The Labute approximate surface area is 140 Å². The smallest absolute Gasteiger partial charge is 0.325 e. The lowest BCUT2D eigenvalue weighted by Crippen LogP contribution is -2.49. The van der Waals surface area contributed by atoms with E-state index < -0.39 is 11.4 Å². The third-order valence-corrected chi connectivity index (χ3v) is 4.68. The number of hydrogen-bond donors (Lipinski definition) is 2. The summed E-state index contributed by atoms with van der Waals surface area (Å²) in [6, 6.07) is 6.70. The predicted octanol–water partition coefficient (Wildman–Crippen LogP) is 0.690. The third kappa shape index (κ3) is 2.75. The molecule has 0 radical (unpaired) electrons. The molecule has 0 saturated carbocycles. The van der Waals surface area contributed by atoms with Crippen molar-refractivity contribution >= 4 is 17.8 Å². The summed E-state index contributed by atoms with van der Waals surface area (Å²) < 4.78 is 0. The number of carbonyl (C=O) groups is 3. The Hall–Kier alpha value is -2.41. The van der Waals surface area contributed by atoms with E-state index in [1.165, 1.54) is 4.90 Å². The number of nitrogens with two attached hydrogens (primary N) is 1. The van der Waals surface area contributed by atoms with Gasteiger partial charge in [-0.2, -0.15) is 0 Å². The van der Waals surface area contributed by atoms with Gasteiger partial charge in [0.25, 0.3) is 5.91 Å². The molecular weight excluding hydrogens is 308 g/mol. The number of amides is 4. The summed E-state index contributed by atoms with van der Waals surface area (Å²) >= 11 is 0. The van der Waals surface area contributed by atoms with Crippen molar-refractivity contribution < 1.29 is 14.4 Å². The van der Waals surface area contributed by atoms with E-state index in [2.05, 4.69) is 10.2 Å². The molecule has 128 valence electrons. The molecule has 1 aromatic rings. The number of primary amides is 1. The summed E-state index contributed by atoms with van der Waals surface area (Å²) in [6.45, 7) is 5.45. The highest BCUT2D eigenvalue weighted by Gasteiger charge is 2.55. The van der Waals surface area contributed by atoms with Crippen molar-refractivity contribution in [2.24, 2.45) is 5.73 Å². The molecule has 1 aromatic carbocycles. The van der Waals surface area contributed by atoms with E-state index in [-0.39, 0.29) is 18.0 Å². The first-order valence-corrected chi connectivity index (χ1v) is 8.09. The van der Waals surface area contributed by atoms with Crippen LogP contribution in [-0.2, 0) is 11.3 Å². The number of rotatable bonds is 4. The SMILES string of the molecule is CC(C)N1C(=O)NC2(CCN(Cc3cccc(C(N)=O)c3)C2)C1=O. The van der Waals surface area contributed by atoms with Crippen molar-refractivity contribution in [2.45, 2.75) is 38.4 Å². The first-order valence-electron chi connectivity index (χ1n) is 8.09. The third-order valence-electron chi connectivity index (χ3n) is 4.68. The monoisotopic (exact) mass is 330 g/mol. The number of hydrogen-bond acceptors (Lipinski definition) is 4. The van der Waals surface area contributed by atoms with Crippen LogP contribution < -0.4 is 11.1 Å². The lowest BCUT2D eigenvalue weighted by atomic mass is 9.98. The molecule has 2 aliphatic rings. The molecule has 1 unspecified atom stereocenters. The molecular formula is C17H22N4O3. The van der Waals surface area contributed by atoms with Crippen molar-refractivity contribution in [3.05, 3.63) is 35.4 Å². The van der Waals surface area contributed by atoms with Gasteiger partial charge in [0, 0.05) is 31.2 Å². The first-order chi connectivity index (χ1) is 11.3. The fourth-order valence-corrected chi connectivity index (χ4v) is 3.49. The molecule has 24 heavy (non-hydrogen) atoms. The molecule has 4 amide bonds. The first kappa shape index (κ1) is 16.4. The molecule has 0 aliphatic carbocycles. The maximum Gasteiger partial charge on any atom is 0.325 e. The van der Waals surface area contributed by atoms with Crippen molar-refractivity contribution in [1.29, 1.82) is 0 Å². The Morgan fingerprint density at radius 2 is 2.12 bits per heavy atom. The van der Waals surface area contributed by atoms with E-state index in [1.807, 2.05) is 19.9 Å². The van der Waals surface area contributed by atoms with Gasteiger partial charge in [-0.15, -0.1) is 0 Å². The van der Waals surface area contributed by atoms with Crippen molar-refractivity contribution in [2.75, 3.05) is 13.1 Å². The van der Waals surface area contributed by atoms with Crippen LogP contribution in [0.25, 0.3) is 0 Å². The highest BCUT2D eigenvalue weighted by Crippen LogP contribution is 2.30. The highest BCUT2D eigenvalue weighted by molar-refractivity contribution is 6.07. The van der Waals surface area contributed by atoms with Crippen LogP contribution >= 0.6 is 0 Å². The maximum absolute atomic E-state index is 12.7. The second-order valence-corrected chi connectivity index (χ2v) is 6.81. The van der Waals surface area contributed by atoms with Gasteiger partial charge in [0.2, 0.25) is 5.91 Å². The fourth-order valence-electron chi connectivity index (χ4n) is 3.49. The summed E-state index contributed by atoms with van der Waals surface area (Å²) in [7, 11) is 0. The van der Waals surface area contributed by atoms with Crippen LogP contribution in [0.4, 0.5) is 4.79 Å². The van der Waals surface area contributed by atoms with Gasteiger partial charge >= 0.3 is 6.03 Å². The van der Waals surface area contributed by atoms with Crippen LogP contribution in [0.2, 0.25) is 0 Å². The molecule has 2 saturated heterocycles. The average Bonchev–Trinajstić information content (AvgIpc) is 3.01. The van der Waals surface area contributed by atoms with E-state index in [0.717, 1.165) is 5.56 Å². The maximum atomic E-state index is 12.7. The Bertz CT molecular complexity index is 703. The van der Waals surface area contributed by atoms with E-state index in [9.17, 15) is 14.4 Å². The molecule has 7 nitrogen and oxygen atoms in total. The second-order valence-electron chi connectivity index (χ2n) is 6.81. The lowest BCUT2D eigenvalue weighted by molar-refractivity contribution is -0.132. The van der Waals surface area contributed by atoms with Gasteiger partial charge in [-0.05, 0) is 38.0 Å². The van der Waals surface area contributed by atoms with Gasteiger partial charge < -0.3 is 11.1 Å². The summed E-state index contributed by atoms with van der Waals surface area (Å²) in [4.78, 5) is 39.5. The largest absolute Gasteiger partial charge is 0.366 e. The number of benzene rings is 1. The van der Waals surface area contributed by atoms with Crippen LogP contribution in [0.1, 0.15) is 36.2 Å². The Morgan fingerprint density at radius 3 is 2.75 bits per heavy atom. The highest BCUT2D eigenvalue weighted by atomic mass is 16.2. The molecule has 2 aliphatic heterocycles. The number of carbonyl (C=O) groups excluding carboxylic acids is 3. The predicted molar refractivity (Wildman–Crippen MR) is 88.1 cm³/mol. The average molecular weight is 330 g/mol.